The van der Waals surface area contributed by atoms with Crippen molar-refractivity contribution in [2.45, 2.75) is 53.1 Å². The summed E-state index contributed by atoms with van der Waals surface area (Å²) in [5.74, 6) is 0.430. The molecular formula is C13H27NO. The van der Waals surface area contributed by atoms with Gasteiger partial charge in [0.25, 0.3) is 0 Å². The Kier molecular flexibility index (Phi) is 4.60. The molecule has 1 aliphatic rings. The summed E-state index contributed by atoms with van der Waals surface area (Å²) in [6.07, 6.45) is 3.46. The molecule has 1 fully saturated rings. The minimum atomic E-state index is -0.142. The Balaban J connectivity index is 2.29. The van der Waals surface area contributed by atoms with Gasteiger partial charge in [0.1, 0.15) is 0 Å². The topological polar surface area (TPSA) is 23.5 Å². The van der Waals surface area contributed by atoms with Gasteiger partial charge in [0.05, 0.1) is 6.10 Å². The molecule has 0 spiro atoms. The first-order chi connectivity index (χ1) is 6.94. The van der Waals surface area contributed by atoms with E-state index in [9.17, 15) is 5.11 Å². The first kappa shape index (κ1) is 13.0. The van der Waals surface area contributed by atoms with E-state index in [2.05, 4.69) is 32.6 Å². The van der Waals surface area contributed by atoms with Gasteiger partial charge in [-0.3, -0.25) is 0 Å². The number of hydrogen-bond acceptors (Lipinski definition) is 2. The van der Waals surface area contributed by atoms with E-state index < -0.39 is 0 Å². The van der Waals surface area contributed by atoms with E-state index in [0.29, 0.717) is 11.3 Å². The molecule has 1 heterocycles. The largest absolute Gasteiger partial charge is 0.392 e. The van der Waals surface area contributed by atoms with E-state index in [1.54, 1.807) is 0 Å². The summed E-state index contributed by atoms with van der Waals surface area (Å²) >= 11 is 0. The SMILES string of the molecule is CCC(C)C(O)CN1CCC(C)(C)CC1. The van der Waals surface area contributed by atoms with Crippen molar-refractivity contribution >= 4 is 0 Å². The lowest BCUT2D eigenvalue weighted by atomic mass is 9.82. The average molecular weight is 213 g/mol. The van der Waals surface area contributed by atoms with Gasteiger partial charge in [0.15, 0.2) is 0 Å². The predicted molar refractivity (Wildman–Crippen MR) is 64.9 cm³/mol. The van der Waals surface area contributed by atoms with E-state index in [4.69, 9.17) is 0 Å². The molecular weight excluding hydrogens is 186 g/mol. The first-order valence-electron chi connectivity index (χ1n) is 6.35. The molecule has 2 nitrogen and oxygen atoms in total. The van der Waals surface area contributed by atoms with Crippen molar-refractivity contribution < 1.29 is 5.11 Å². The lowest BCUT2D eigenvalue weighted by Crippen LogP contribution is -2.42. The fourth-order valence-corrected chi connectivity index (χ4v) is 2.06. The predicted octanol–water partition coefficient (Wildman–Crippen LogP) is 2.52. The summed E-state index contributed by atoms with van der Waals surface area (Å²) < 4.78 is 0. The minimum Gasteiger partial charge on any atom is -0.392 e. The fourth-order valence-electron chi connectivity index (χ4n) is 2.06. The van der Waals surface area contributed by atoms with Crippen molar-refractivity contribution in [3.8, 4) is 0 Å². The van der Waals surface area contributed by atoms with Crippen molar-refractivity contribution in [3.05, 3.63) is 0 Å². The molecule has 0 radical (unpaired) electrons. The molecule has 0 aromatic heterocycles. The van der Waals surface area contributed by atoms with Crippen molar-refractivity contribution in [3.63, 3.8) is 0 Å². The highest BCUT2D eigenvalue weighted by molar-refractivity contribution is 4.80. The van der Waals surface area contributed by atoms with E-state index in [1.165, 1.54) is 12.8 Å². The standard InChI is InChI=1S/C13H27NO/c1-5-11(2)12(15)10-14-8-6-13(3,4)7-9-14/h11-12,15H,5-10H2,1-4H3. The van der Waals surface area contributed by atoms with Gasteiger partial charge in [0, 0.05) is 6.54 Å². The third kappa shape index (κ3) is 4.12. The third-order valence-electron chi connectivity index (χ3n) is 3.96. The maximum Gasteiger partial charge on any atom is 0.0692 e. The van der Waals surface area contributed by atoms with E-state index in [0.717, 1.165) is 26.1 Å². The molecule has 0 bridgehead atoms. The molecule has 0 saturated carbocycles. The van der Waals surface area contributed by atoms with Crippen LogP contribution in [0.2, 0.25) is 0 Å². The number of likely N-dealkylation sites (tertiary alicyclic amines) is 1. The normalized spacial score (nSPS) is 26.2. The van der Waals surface area contributed by atoms with E-state index in [1.807, 2.05) is 0 Å². The third-order valence-corrected chi connectivity index (χ3v) is 3.96. The molecule has 1 saturated heterocycles. The molecule has 0 aromatic carbocycles. The number of hydrogen-bond donors (Lipinski definition) is 1. The second kappa shape index (κ2) is 5.31. The van der Waals surface area contributed by atoms with Gasteiger partial charge in [0.2, 0.25) is 0 Å². The van der Waals surface area contributed by atoms with Crippen LogP contribution in [0.5, 0.6) is 0 Å². The van der Waals surface area contributed by atoms with Crippen LogP contribution in [-0.2, 0) is 0 Å². The van der Waals surface area contributed by atoms with Crippen LogP contribution in [0.25, 0.3) is 0 Å². The number of piperidine rings is 1. The van der Waals surface area contributed by atoms with E-state index in [-0.39, 0.29) is 6.10 Å². The van der Waals surface area contributed by atoms with Crippen LogP contribution in [-0.4, -0.2) is 35.7 Å². The number of aliphatic hydroxyl groups is 1. The summed E-state index contributed by atoms with van der Waals surface area (Å²) in [4.78, 5) is 2.42. The Morgan fingerprint density at radius 2 is 1.80 bits per heavy atom. The second-order valence-electron chi connectivity index (χ2n) is 5.92. The maximum atomic E-state index is 9.96. The van der Waals surface area contributed by atoms with Gasteiger partial charge >= 0.3 is 0 Å². The lowest BCUT2D eigenvalue weighted by Gasteiger charge is -2.38. The fraction of sp³-hybridized carbons (Fsp3) is 1.00. The highest BCUT2D eigenvalue weighted by atomic mass is 16.3. The number of rotatable bonds is 4. The Bertz CT molecular complexity index is 181. The summed E-state index contributed by atoms with van der Waals surface area (Å²) in [6, 6.07) is 0. The molecule has 0 aromatic rings. The van der Waals surface area contributed by atoms with E-state index >= 15 is 0 Å². The molecule has 2 atom stereocenters. The Morgan fingerprint density at radius 1 is 1.27 bits per heavy atom. The monoisotopic (exact) mass is 213 g/mol. The van der Waals surface area contributed by atoms with Crippen LogP contribution in [0.1, 0.15) is 47.0 Å². The Hall–Kier alpha value is -0.0800. The highest BCUT2D eigenvalue weighted by Gasteiger charge is 2.26. The van der Waals surface area contributed by atoms with Crippen LogP contribution in [0.15, 0.2) is 0 Å². The Morgan fingerprint density at radius 3 is 2.27 bits per heavy atom. The van der Waals surface area contributed by atoms with Gasteiger partial charge < -0.3 is 10.0 Å². The number of nitrogens with zero attached hydrogens (tertiary/aromatic N) is 1. The van der Waals surface area contributed by atoms with Gasteiger partial charge in [-0.25, -0.2) is 0 Å². The van der Waals surface area contributed by atoms with Crippen molar-refractivity contribution in [2.24, 2.45) is 11.3 Å². The molecule has 1 rings (SSSR count). The average Bonchev–Trinajstić information content (AvgIpc) is 2.20. The van der Waals surface area contributed by atoms with Crippen LogP contribution < -0.4 is 0 Å². The summed E-state index contributed by atoms with van der Waals surface area (Å²) in [5.41, 5.74) is 0.512. The number of β-amino-alcohol motifs (C(OH)–C–C–N with tert-alkyl or cyclic N) is 1. The maximum absolute atomic E-state index is 9.96. The molecule has 0 aliphatic carbocycles. The van der Waals surface area contributed by atoms with Crippen molar-refractivity contribution in [2.75, 3.05) is 19.6 Å². The zero-order chi connectivity index (χ0) is 11.5. The Labute approximate surface area is 94.7 Å². The van der Waals surface area contributed by atoms with Gasteiger partial charge in [-0.15, -0.1) is 0 Å². The zero-order valence-electron chi connectivity index (χ0n) is 10.8. The van der Waals surface area contributed by atoms with Gasteiger partial charge in [-0.05, 0) is 37.3 Å². The quantitative estimate of drug-likeness (QED) is 0.775. The summed E-state index contributed by atoms with van der Waals surface area (Å²) in [6.45, 7) is 12.1. The molecule has 2 heteroatoms. The van der Waals surface area contributed by atoms with Crippen molar-refractivity contribution in [1.29, 1.82) is 0 Å². The van der Waals surface area contributed by atoms with Crippen LogP contribution in [0, 0.1) is 11.3 Å². The van der Waals surface area contributed by atoms with Crippen LogP contribution in [0.4, 0.5) is 0 Å². The zero-order valence-corrected chi connectivity index (χ0v) is 10.8. The molecule has 2 unspecified atom stereocenters. The highest BCUT2D eigenvalue weighted by Crippen LogP contribution is 2.29. The smallest absolute Gasteiger partial charge is 0.0692 e. The first-order valence-corrected chi connectivity index (χ1v) is 6.35. The van der Waals surface area contributed by atoms with Crippen molar-refractivity contribution in [1.82, 2.24) is 4.90 Å². The molecule has 0 amide bonds. The molecule has 90 valence electrons. The summed E-state index contributed by atoms with van der Waals surface area (Å²) in [7, 11) is 0. The van der Waals surface area contributed by atoms with Gasteiger partial charge in [-0.1, -0.05) is 34.1 Å². The summed E-state index contributed by atoms with van der Waals surface area (Å²) in [5, 5.41) is 9.96. The van der Waals surface area contributed by atoms with Crippen LogP contribution in [0.3, 0.4) is 0 Å². The van der Waals surface area contributed by atoms with Crippen LogP contribution >= 0.6 is 0 Å². The molecule has 1 N–H and O–H groups in total. The molecule has 1 aliphatic heterocycles. The second-order valence-corrected chi connectivity index (χ2v) is 5.92. The lowest BCUT2D eigenvalue weighted by molar-refractivity contribution is 0.0424. The van der Waals surface area contributed by atoms with Gasteiger partial charge in [-0.2, -0.15) is 0 Å². The minimum absolute atomic E-state index is 0.142. The molecule has 15 heavy (non-hydrogen) atoms. The number of aliphatic hydroxyl groups excluding tert-OH is 1.